The zero-order chi connectivity index (χ0) is 19.0. The number of hydrogen-bond acceptors (Lipinski definition) is 2. The molecule has 0 heterocycles. The monoisotopic (exact) mass is 427 g/mol. The first-order valence-corrected chi connectivity index (χ1v) is 9.12. The minimum Gasteiger partial charge on any atom is -0.339 e. The predicted molar refractivity (Wildman–Crippen MR) is 113 cm³/mol. The van der Waals surface area contributed by atoms with E-state index >= 15 is 0 Å². The van der Waals surface area contributed by atoms with Crippen molar-refractivity contribution in [3.63, 3.8) is 0 Å². The first kappa shape index (κ1) is 20.5. The number of amides is 1. The number of alkyl halides is 3. The van der Waals surface area contributed by atoms with E-state index in [2.05, 4.69) is 16.0 Å². The standard InChI is InChI=1S/C18H16Cl3N3OS/c19-18(20,21)16(24-17(26)22-14-9-5-2-6-10-14)23-15(25)12-11-13-7-3-1-4-8-13/h1-12,16H,(H,23,25)(H2,22,24,26). The minimum absolute atomic E-state index is 0.208. The fraction of sp³-hybridized carbons (Fsp3) is 0.111. The second-order valence-electron chi connectivity index (χ2n) is 5.19. The van der Waals surface area contributed by atoms with Crippen molar-refractivity contribution >= 4 is 69.8 Å². The van der Waals surface area contributed by atoms with E-state index in [1.165, 1.54) is 6.08 Å². The lowest BCUT2D eigenvalue weighted by Crippen LogP contribution is -2.55. The second kappa shape index (κ2) is 9.78. The molecule has 26 heavy (non-hydrogen) atoms. The average molecular weight is 429 g/mol. The lowest BCUT2D eigenvalue weighted by molar-refractivity contribution is -0.117. The van der Waals surface area contributed by atoms with Gasteiger partial charge < -0.3 is 16.0 Å². The van der Waals surface area contributed by atoms with E-state index in [-0.39, 0.29) is 5.11 Å². The minimum atomic E-state index is -1.81. The van der Waals surface area contributed by atoms with E-state index in [4.69, 9.17) is 47.0 Å². The maximum Gasteiger partial charge on any atom is 0.245 e. The molecular weight excluding hydrogens is 413 g/mol. The normalized spacial score (nSPS) is 12.4. The van der Waals surface area contributed by atoms with Crippen LogP contribution in [0.15, 0.2) is 66.7 Å². The quantitative estimate of drug-likeness (QED) is 0.284. The van der Waals surface area contributed by atoms with Gasteiger partial charge in [-0.3, -0.25) is 4.79 Å². The fourth-order valence-electron chi connectivity index (χ4n) is 1.95. The SMILES string of the molecule is O=C(C=Cc1ccccc1)NC(NC(=S)Nc1ccccc1)C(Cl)(Cl)Cl. The summed E-state index contributed by atoms with van der Waals surface area (Å²) >= 11 is 23.1. The van der Waals surface area contributed by atoms with Crippen molar-refractivity contribution in [1.82, 2.24) is 10.6 Å². The topological polar surface area (TPSA) is 53.2 Å². The average Bonchev–Trinajstić information content (AvgIpc) is 2.60. The maximum atomic E-state index is 12.1. The van der Waals surface area contributed by atoms with E-state index in [1.54, 1.807) is 6.08 Å². The molecule has 0 bridgehead atoms. The Kier molecular flexibility index (Phi) is 7.72. The van der Waals surface area contributed by atoms with Crippen molar-refractivity contribution in [2.45, 2.75) is 9.96 Å². The molecule has 0 aliphatic carbocycles. The molecular formula is C18H16Cl3N3OS. The van der Waals surface area contributed by atoms with Gasteiger partial charge in [0, 0.05) is 11.8 Å². The number of halogens is 3. The Morgan fingerprint density at radius 1 is 0.962 bits per heavy atom. The van der Waals surface area contributed by atoms with Crippen molar-refractivity contribution in [3.05, 3.63) is 72.3 Å². The molecule has 4 nitrogen and oxygen atoms in total. The molecule has 1 unspecified atom stereocenters. The fourth-order valence-corrected chi connectivity index (χ4v) is 2.51. The summed E-state index contributed by atoms with van der Waals surface area (Å²) in [6.45, 7) is 0. The maximum absolute atomic E-state index is 12.1. The molecule has 136 valence electrons. The van der Waals surface area contributed by atoms with Crippen molar-refractivity contribution in [1.29, 1.82) is 0 Å². The molecule has 0 fully saturated rings. The molecule has 0 aliphatic rings. The van der Waals surface area contributed by atoms with Crippen LogP contribution in [0.5, 0.6) is 0 Å². The molecule has 0 aromatic heterocycles. The van der Waals surface area contributed by atoms with E-state index in [1.807, 2.05) is 60.7 Å². The first-order chi connectivity index (χ1) is 12.3. The summed E-state index contributed by atoms with van der Waals surface area (Å²) in [7, 11) is 0. The summed E-state index contributed by atoms with van der Waals surface area (Å²) in [4.78, 5) is 12.1. The lowest BCUT2D eigenvalue weighted by Gasteiger charge is -2.27. The van der Waals surface area contributed by atoms with Crippen LogP contribution in [0, 0.1) is 0 Å². The van der Waals surface area contributed by atoms with Crippen molar-refractivity contribution in [2.75, 3.05) is 5.32 Å². The van der Waals surface area contributed by atoms with Gasteiger partial charge in [0.1, 0.15) is 6.17 Å². The van der Waals surface area contributed by atoms with E-state index < -0.39 is 15.9 Å². The summed E-state index contributed by atoms with van der Waals surface area (Å²) in [6, 6.07) is 18.6. The van der Waals surface area contributed by atoms with E-state index in [0.29, 0.717) is 0 Å². The van der Waals surface area contributed by atoms with Crippen LogP contribution in [-0.2, 0) is 4.79 Å². The zero-order valence-electron chi connectivity index (χ0n) is 13.5. The third-order valence-corrected chi connectivity index (χ3v) is 4.02. The molecule has 1 amide bonds. The molecule has 0 saturated carbocycles. The van der Waals surface area contributed by atoms with Crippen LogP contribution in [0.3, 0.4) is 0 Å². The Bertz CT molecular complexity index is 764. The van der Waals surface area contributed by atoms with Gasteiger partial charge in [-0.15, -0.1) is 0 Å². The molecule has 8 heteroatoms. The number of carbonyl (C=O) groups is 1. The summed E-state index contributed by atoms with van der Waals surface area (Å²) in [5, 5.41) is 8.54. The number of para-hydroxylation sites is 1. The number of thiocarbonyl (C=S) groups is 1. The summed E-state index contributed by atoms with van der Waals surface area (Å²) in [5.41, 5.74) is 1.64. The number of nitrogens with one attached hydrogen (secondary N) is 3. The summed E-state index contributed by atoms with van der Waals surface area (Å²) in [6.07, 6.45) is 1.99. The molecule has 3 N–H and O–H groups in total. The molecule has 1 atom stereocenters. The van der Waals surface area contributed by atoms with Crippen LogP contribution in [0.2, 0.25) is 0 Å². The summed E-state index contributed by atoms with van der Waals surface area (Å²) < 4.78 is -1.81. The first-order valence-electron chi connectivity index (χ1n) is 7.57. The highest BCUT2D eigenvalue weighted by atomic mass is 35.6. The zero-order valence-corrected chi connectivity index (χ0v) is 16.5. The van der Waals surface area contributed by atoms with Gasteiger partial charge in [-0.25, -0.2) is 0 Å². The second-order valence-corrected chi connectivity index (χ2v) is 7.97. The van der Waals surface area contributed by atoms with Crippen LogP contribution in [-0.4, -0.2) is 21.0 Å². The highest BCUT2D eigenvalue weighted by Gasteiger charge is 2.34. The van der Waals surface area contributed by atoms with Gasteiger partial charge in [0.15, 0.2) is 5.11 Å². The van der Waals surface area contributed by atoms with Crippen LogP contribution < -0.4 is 16.0 Å². The van der Waals surface area contributed by atoms with Gasteiger partial charge in [-0.2, -0.15) is 0 Å². The van der Waals surface area contributed by atoms with Gasteiger partial charge in [0.05, 0.1) is 0 Å². The van der Waals surface area contributed by atoms with Gasteiger partial charge in [0.2, 0.25) is 9.70 Å². The molecule has 2 aromatic rings. The number of rotatable bonds is 5. The third kappa shape index (κ3) is 7.22. The largest absolute Gasteiger partial charge is 0.339 e. The Morgan fingerprint density at radius 3 is 2.12 bits per heavy atom. The summed E-state index contributed by atoms with van der Waals surface area (Å²) in [5.74, 6) is -0.430. The smallest absolute Gasteiger partial charge is 0.245 e. The number of carbonyl (C=O) groups excluding carboxylic acids is 1. The Morgan fingerprint density at radius 2 is 1.54 bits per heavy atom. The van der Waals surface area contributed by atoms with Gasteiger partial charge in [-0.05, 0) is 36.0 Å². The Labute approximate surface area is 172 Å². The predicted octanol–water partition coefficient (Wildman–Crippen LogP) is 4.50. The molecule has 2 rings (SSSR count). The third-order valence-electron chi connectivity index (χ3n) is 3.15. The van der Waals surface area contributed by atoms with Gasteiger partial charge >= 0.3 is 0 Å². The number of anilines is 1. The van der Waals surface area contributed by atoms with Crippen LogP contribution in [0.4, 0.5) is 5.69 Å². The van der Waals surface area contributed by atoms with Crippen LogP contribution in [0.25, 0.3) is 6.08 Å². The van der Waals surface area contributed by atoms with Crippen molar-refractivity contribution in [2.24, 2.45) is 0 Å². The molecule has 0 spiro atoms. The van der Waals surface area contributed by atoms with Crippen LogP contribution >= 0.6 is 47.0 Å². The van der Waals surface area contributed by atoms with Gasteiger partial charge in [0.25, 0.3) is 0 Å². The number of hydrogen-bond donors (Lipinski definition) is 3. The number of benzene rings is 2. The van der Waals surface area contributed by atoms with Crippen molar-refractivity contribution in [3.8, 4) is 0 Å². The highest BCUT2D eigenvalue weighted by Crippen LogP contribution is 2.29. The molecule has 2 aromatic carbocycles. The molecule has 0 aliphatic heterocycles. The molecule has 0 radical (unpaired) electrons. The molecule has 0 saturated heterocycles. The Hall–Kier alpha value is -1.79. The van der Waals surface area contributed by atoms with Gasteiger partial charge in [-0.1, -0.05) is 83.3 Å². The van der Waals surface area contributed by atoms with Crippen LogP contribution in [0.1, 0.15) is 5.56 Å². The van der Waals surface area contributed by atoms with E-state index in [0.717, 1.165) is 11.3 Å². The highest BCUT2D eigenvalue weighted by molar-refractivity contribution is 7.80. The van der Waals surface area contributed by atoms with E-state index in [9.17, 15) is 4.79 Å². The van der Waals surface area contributed by atoms with Crippen molar-refractivity contribution < 1.29 is 4.79 Å². The lowest BCUT2D eigenvalue weighted by atomic mass is 10.2. The Balaban J connectivity index is 1.97.